The summed E-state index contributed by atoms with van der Waals surface area (Å²) in [6, 6.07) is 8.87. The Morgan fingerprint density at radius 1 is 0.818 bits per heavy atom. The highest BCUT2D eigenvalue weighted by Crippen LogP contribution is 2.45. The maximum atomic E-state index is 12.9. The topological polar surface area (TPSA) is 38.8 Å². The number of fused-ring (bicyclic) bond motifs is 6. The summed E-state index contributed by atoms with van der Waals surface area (Å²) in [5, 5.41) is 0. The number of hydrogen-bond acceptors (Lipinski definition) is 3. The molecule has 2 heterocycles. The standard InChI is InChI=1S/C29H35NO3/c1-2-27(31)30(15-11-21-5-3-19-7-9-25-23(28(19)21)13-17-32-25)16-12-22-6-4-20-8-10-26-24(29(20)22)14-18-33-26/h7-10,21-22H,2-6,11-18H2,1H3/t21-,22?/m0/s1. The predicted octanol–water partition coefficient (Wildman–Crippen LogP) is 5.34. The Morgan fingerprint density at radius 3 is 1.82 bits per heavy atom. The fourth-order valence-electron chi connectivity index (χ4n) is 6.89. The van der Waals surface area contributed by atoms with E-state index in [1.807, 2.05) is 6.92 Å². The second-order valence-corrected chi connectivity index (χ2v) is 10.2. The summed E-state index contributed by atoms with van der Waals surface area (Å²) in [4.78, 5) is 15.0. The zero-order valence-electron chi connectivity index (χ0n) is 19.8. The molecule has 2 aromatic rings. The first-order chi connectivity index (χ1) is 16.2. The molecule has 4 aliphatic rings. The lowest BCUT2D eigenvalue weighted by Gasteiger charge is -2.26. The van der Waals surface area contributed by atoms with Crippen LogP contribution in [0.25, 0.3) is 0 Å². The SMILES string of the molecule is CCC(=O)N(CCC1CCc2ccc3c(c21)CCO3)CC[C@@H]1CCc2ccc3c(c21)CCO3. The van der Waals surface area contributed by atoms with Gasteiger partial charge in [-0.1, -0.05) is 19.1 Å². The molecule has 2 aromatic carbocycles. The summed E-state index contributed by atoms with van der Waals surface area (Å²) in [5.74, 6) is 3.62. The van der Waals surface area contributed by atoms with E-state index < -0.39 is 0 Å². The quantitative estimate of drug-likeness (QED) is 0.578. The smallest absolute Gasteiger partial charge is 0.222 e. The van der Waals surface area contributed by atoms with Crippen LogP contribution < -0.4 is 9.47 Å². The molecule has 6 rings (SSSR count). The van der Waals surface area contributed by atoms with Gasteiger partial charge in [0, 0.05) is 43.5 Å². The van der Waals surface area contributed by atoms with E-state index in [0.29, 0.717) is 24.2 Å². The Bertz CT molecular complexity index is 998. The van der Waals surface area contributed by atoms with Crippen LogP contribution in [0.4, 0.5) is 0 Å². The van der Waals surface area contributed by atoms with Crippen LogP contribution in [0.15, 0.2) is 24.3 Å². The van der Waals surface area contributed by atoms with Crippen LogP contribution in [0.3, 0.4) is 0 Å². The summed E-state index contributed by atoms with van der Waals surface area (Å²) in [6.45, 7) is 5.38. The molecule has 2 aliphatic heterocycles. The third-order valence-electron chi connectivity index (χ3n) is 8.52. The third-order valence-corrected chi connectivity index (χ3v) is 8.52. The third kappa shape index (κ3) is 3.72. The lowest BCUT2D eigenvalue weighted by atomic mass is 9.91. The molecule has 4 heteroatoms. The monoisotopic (exact) mass is 445 g/mol. The lowest BCUT2D eigenvalue weighted by Crippen LogP contribution is -2.33. The Morgan fingerprint density at radius 2 is 1.33 bits per heavy atom. The molecule has 0 spiro atoms. The molecule has 0 fully saturated rings. The molecule has 1 amide bonds. The van der Waals surface area contributed by atoms with Crippen LogP contribution in [0.5, 0.6) is 11.5 Å². The van der Waals surface area contributed by atoms with E-state index >= 15 is 0 Å². The molecule has 1 unspecified atom stereocenters. The number of carbonyl (C=O) groups is 1. The number of ether oxygens (including phenoxy) is 2. The van der Waals surface area contributed by atoms with Gasteiger partial charge in [-0.15, -0.1) is 0 Å². The maximum absolute atomic E-state index is 12.9. The molecular weight excluding hydrogens is 410 g/mol. The van der Waals surface area contributed by atoms with Crippen molar-refractivity contribution in [3.63, 3.8) is 0 Å². The first-order valence-electron chi connectivity index (χ1n) is 13.1. The van der Waals surface area contributed by atoms with Gasteiger partial charge in [-0.05, 0) is 84.7 Å². The molecule has 0 aromatic heterocycles. The van der Waals surface area contributed by atoms with Gasteiger partial charge in [-0.2, -0.15) is 0 Å². The maximum Gasteiger partial charge on any atom is 0.222 e. The number of amides is 1. The summed E-state index contributed by atoms with van der Waals surface area (Å²) in [7, 11) is 0. The molecule has 174 valence electrons. The van der Waals surface area contributed by atoms with Gasteiger partial charge in [-0.3, -0.25) is 4.79 Å². The first-order valence-corrected chi connectivity index (χ1v) is 13.1. The van der Waals surface area contributed by atoms with Crippen molar-refractivity contribution in [3.05, 3.63) is 57.6 Å². The van der Waals surface area contributed by atoms with Crippen LogP contribution in [-0.4, -0.2) is 37.1 Å². The Labute approximate surface area is 197 Å². The fraction of sp³-hybridized carbons (Fsp3) is 0.552. The number of nitrogens with zero attached hydrogens (tertiary/aromatic N) is 1. The van der Waals surface area contributed by atoms with Gasteiger partial charge in [0.2, 0.25) is 5.91 Å². The normalized spacial score (nSPS) is 21.7. The first kappa shape index (κ1) is 21.1. The van der Waals surface area contributed by atoms with Crippen LogP contribution >= 0.6 is 0 Å². The Balaban J connectivity index is 1.14. The molecule has 0 bridgehead atoms. The van der Waals surface area contributed by atoms with Gasteiger partial charge in [-0.25, -0.2) is 0 Å². The van der Waals surface area contributed by atoms with E-state index in [1.165, 1.54) is 47.9 Å². The number of benzene rings is 2. The van der Waals surface area contributed by atoms with Gasteiger partial charge < -0.3 is 14.4 Å². The van der Waals surface area contributed by atoms with Gasteiger partial charge >= 0.3 is 0 Å². The zero-order chi connectivity index (χ0) is 22.4. The second kappa shape index (κ2) is 8.70. The second-order valence-electron chi connectivity index (χ2n) is 10.2. The Kier molecular flexibility index (Phi) is 5.55. The highest BCUT2D eigenvalue weighted by atomic mass is 16.5. The summed E-state index contributed by atoms with van der Waals surface area (Å²) >= 11 is 0. The highest BCUT2D eigenvalue weighted by Gasteiger charge is 2.32. The number of carbonyl (C=O) groups excluding carboxylic acids is 1. The highest BCUT2D eigenvalue weighted by molar-refractivity contribution is 5.75. The molecule has 33 heavy (non-hydrogen) atoms. The average Bonchev–Trinajstić information content (AvgIpc) is 3.62. The van der Waals surface area contributed by atoms with Crippen LogP contribution in [0.1, 0.15) is 84.2 Å². The largest absolute Gasteiger partial charge is 0.493 e. The van der Waals surface area contributed by atoms with Crippen molar-refractivity contribution >= 4 is 5.91 Å². The van der Waals surface area contributed by atoms with E-state index in [1.54, 1.807) is 11.1 Å². The molecule has 0 N–H and O–H groups in total. The molecular formula is C29H35NO3. The van der Waals surface area contributed by atoms with E-state index in [4.69, 9.17) is 9.47 Å². The van der Waals surface area contributed by atoms with Crippen LogP contribution in [-0.2, 0) is 30.5 Å². The number of aryl methyl sites for hydroxylation is 2. The molecule has 2 aliphatic carbocycles. The minimum atomic E-state index is 0.301. The van der Waals surface area contributed by atoms with Crippen LogP contribution in [0.2, 0.25) is 0 Å². The van der Waals surface area contributed by atoms with Crippen molar-refractivity contribution < 1.29 is 14.3 Å². The predicted molar refractivity (Wildman–Crippen MR) is 130 cm³/mol. The van der Waals surface area contributed by atoms with E-state index in [9.17, 15) is 4.79 Å². The minimum Gasteiger partial charge on any atom is -0.493 e. The Hall–Kier alpha value is -2.49. The van der Waals surface area contributed by atoms with Crippen molar-refractivity contribution in [2.75, 3.05) is 26.3 Å². The summed E-state index contributed by atoms with van der Waals surface area (Å²) in [6.07, 6.45) is 9.57. The van der Waals surface area contributed by atoms with E-state index in [0.717, 1.165) is 63.5 Å². The van der Waals surface area contributed by atoms with E-state index in [2.05, 4.69) is 29.2 Å². The molecule has 2 atom stereocenters. The summed E-state index contributed by atoms with van der Waals surface area (Å²) in [5.41, 5.74) is 9.01. The van der Waals surface area contributed by atoms with Crippen molar-refractivity contribution in [2.45, 2.75) is 76.5 Å². The van der Waals surface area contributed by atoms with Gasteiger partial charge in [0.15, 0.2) is 0 Å². The zero-order valence-corrected chi connectivity index (χ0v) is 19.8. The van der Waals surface area contributed by atoms with Crippen molar-refractivity contribution in [3.8, 4) is 11.5 Å². The lowest BCUT2D eigenvalue weighted by molar-refractivity contribution is -0.131. The average molecular weight is 446 g/mol. The van der Waals surface area contributed by atoms with Gasteiger partial charge in [0.1, 0.15) is 11.5 Å². The molecule has 0 saturated carbocycles. The minimum absolute atomic E-state index is 0.301. The number of rotatable bonds is 7. The van der Waals surface area contributed by atoms with Gasteiger partial charge in [0.25, 0.3) is 0 Å². The molecule has 0 saturated heterocycles. The van der Waals surface area contributed by atoms with Crippen LogP contribution in [0, 0.1) is 0 Å². The molecule has 4 nitrogen and oxygen atoms in total. The molecule has 0 radical (unpaired) electrons. The van der Waals surface area contributed by atoms with E-state index in [-0.39, 0.29) is 0 Å². The van der Waals surface area contributed by atoms with Crippen molar-refractivity contribution in [1.29, 1.82) is 0 Å². The summed E-state index contributed by atoms with van der Waals surface area (Å²) < 4.78 is 11.7. The van der Waals surface area contributed by atoms with Crippen molar-refractivity contribution in [1.82, 2.24) is 4.90 Å². The fourth-order valence-corrected chi connectivity index (χ4v) is 6.89. The number of hydrogen-bond donors (Lipinski definition) is 0. The van der Waals surface area contributed by atoms with Gasteiger partial charge in [0.05, 0.1) is 13.2 Å². The van der Waals surface area contributed by atoms with Crippen molar-refractivity contribution in [2.24, 2.45) is 0 Å².